The van der Waals surface area contributed by atoms with Gasteiger partial charge in [0.1, 0.15) is 19.6 Å². The van der Waals surface area contributed by atoms with Crippen molar-refractivity contribution in [1.29, 1.82) is 0 Å². The summed E-state index contributed by atoms with van der Waals surface area (Å²) in [5.41, 5.74) is 0. The van der Waals surface area contributed by atoms with Crippen LogP contribution in [0, 0.1) is 0 Å². The zero-order valence-corrected chi connectivity index (χ0v) is 14.3. The quantitative estimate of drug-likeness (QED) is 0.499. The summed E-state index contributed by atoms with van der Waals surface area (Å²) in [6.45, 7) is 9.48. The van der Waals surface area contributed by atoms with E-state index in [4.69, 9.17) is 9.47 Å². The summed E-state index contributed by atoms with van der Waals surface area (Å²) in [6.07, 6.45) is 13.9. The normalized spacial score (nSPS) is 16.4. The fraction of sp³-hybridized carbons (Fsp3) is 1.00. The molecular formula is C18H38NO2+. The molecule has 0 saturated carbocycles. The maximum absolute atomic E-state index is 5.75. The average Bonchev–Trinajstić information content (AvgIpc) is 2.53. The lowest BCUT2D eigenvalue weighted by molar-refractivity contribution is -0.908. The second-order valence-electron chi connectivity index (χ2n) is 6.41. The molecule has 126 valence electrons. The minimum atomic E-state index is 0.923. The Morgan fingerprint density at radius 3 is 1.95 bits per heavy atom. The van der Waals surface area contributed by atoms with Crippen LogP contribution < -0.4 is 4.90 Å². The molecule has 0 aromatic heterocycles. The molecule has 0 atom stereocenters. The van der Waals surface area contributed by atoms with E-state index < -0.39 is 0 Å². The topological polar surface area (TPSA) is 22.9 Å². The van der Waals surface area contributed by atoms with Gasteiger partial charge in [-0.2, -0.15) is 0 Å². The highest BCUT2D eigenvalue weighted by atomic mass is 16.5. The molecule has 0 aliphatic carbocycles. The maximum Gasteiger partial charge on any atom is 0.101 e. The monoisotopic (exact) mass is 300 g/mol. The average molecular weight is 301 g/mol. The summed E-state index contributed by atoms with van der Waals surface area (Å²) in [4.78, 5) is 1.64. The summed E-state index contributed by atoms with van der Waals surface area (Å²) < 4.78 is 11.1. The van der Waals surface area contributed by atoms with Crippen LogP contribution in [0.4, 0.5) is 0 Å². The Balaban J connectivity index is 1.69. The Bertz CT molecular complexity index is 205. The molecule has 0 aromatic rings. The number of hydrogen-bond donors (Lipinski definition) is 1. The van der Waals surface area contributed by atoms with Gasteiger partial charge in [0, 0.05) is 6.61 Å². The van der Waals surface area contributed by atoms with Gasteiger partial charge in [-0.25, -0.2) is 0 Å². The van der Waals surface area contributed by atoms with E-state index in [-0.39, 0.29) is 0 Å². The number of ether oxygens (including phenoxy) is 2. The summed E-state index contributed by atoms with van der Waals surface area (Å²) in [7, 11) is 0. The highest BCUT2D eigenvalue weighted by molar-refractivity contribution is 4.47. The van der Waals surface area contributed by atoms with Crippen molar-refractivity contribution >= 4 is 0 Å². The second-order valence-corrected chi connectivity index (χ2v) is 6.41. The number of unbranched alkanes of at least 4 members (excludes halogenated alkanes) is 9. The summed E-state index contributed by atoms with van der Waals surface area (Å²) in [5, 5.41) is 0. The van der Waals surface area contributed by atoms with Crippen LogP contribution >= 0.6 is 0 Å². The fourth-order valence-corrected chi connectivity index (χ4v) is 2.92. The van der Waals surface area contributed by atoms with Crippen molar-refractivity contribution in [3.63, 3.8) is 0 Å². The third kappa shape index (κ3) is 12.1. The van der Waals surface area contributed by atoms with E-state index in [1.165, 1.54) is 64.2 Å². The van der Waals surface area contributed by atoms with E-state index in [9.17, 15) is 0 Å². The summed E-state index contributed by atoms with van der Waals surface area (Å²) in [5.74, 6) is 0. The largest absolute Gasteiger partial charge is 0.376 e. The Morgan fingerprint density at radius 2 is 1.33 bits per heavy atom. The minimum absolute atomic E-state index is 0.923. The van der Waals surface area contributed by atoms with Crippen LogP contribution in [0.15, 0.2) is 0 Å². The number of morpholine rings is 1. The summed E-state index contributed by atoms with van der Waals surface area (Å²) in [6, 6.07) is 0. The van der Waals surface area contributed by atoms with Gasteiger partial charge in [0.25, 0.3) is 0 Å². The molecule has 0 radical (unpaired) electrons. The molecule has 0 unspecified atom stereocenters. The summed E-state index contributed by atoms with van der Waals surface area (Å²) >= 11 is 0. The van der Waals surface area contributed by atoms with Gasteiger partial charge in [-0.15, -0.1) is 0 Å². The van der Waals surface area contributed by atoms with Crippen LogP contribution in [0.2, 0.25) is 0 Å². The molecule has 1 aliphatic heterocycles. The van der Waals surface area contributed by atoms with Crippen molar-refractivity contribution in [3.05, 3.63) is 0 Å². The SMILES string of the molecule is CCCCCCCCCCCCOCC[NH+]1CCOCC1. The van der Waals surface area contributed by atoms with Crippen molar-refractivity contribution in [1.82, 2.24) is 0 Å². The molecule has 0 amide bonds. The van der Waals surface area contributed by atoms with Gasteiger partial charge < -0.3 is 14.4 Å². The number of nitrogens with one attached hydrogen (secondary N) is 1. The Labute approximate surface area is 132 Å². The minimum Gasteiger partial charge on any atom is -0.376 e. The lowest BCUT2D eigenvalue weighted by atomic mass is 10.1. The van der Waals surface area contributed by atoms with Crippen molar-refractivity contribution in [2.45, 2.75) is 71.1 Å². The van der Waals surface area contributed by atoms with E-state index >= 15 is 0 Å². The second kappa shape index (κ2) is 14.8. The van der Waals surface area contributed by atoms with Gasteiger partial charge in [0.15, 0.2) is 0 Å². The first-order valence-corrected chi connectivity index (χ1v) is 9.42. The van der Waals surface area contributed by atoms with Gasteiger partial charge in [-0.1, -0.05) is 64.7 Å². The molecular weight excluding hydrogens is 262 g/mol. The molecule has 1 aliphatic rings. The van der Waals surface area contributed by atoms with Crippen LogP contribution in [-0.2, 0) is 9.47 Å². The zero-order valence-electron chi connectivity index (χ0n) is 14.3. The Kier molecular flexibility index (Phi) is 13.3. The molecule has 3 heteroatoms. The predicted octanol–water partition coefficient (Wildman–Crippen LogP) is 2.84. The third-order valence-corrected chi connectivity index (χ3v) is 4.44. The van der Waals surface area contributed by atoms with E-state index in [1.807, 2.05) is 0 Å². The van der Waals surface area contributed by atoms with Crippen LogP contribution in [0.3, 0.4) is 0 Å². The third-order valence-electron chi connectivity index (χ3n) is 4.44. The number of rotatable bonds is 14. The highest BCUT2D eigenvalue weighted by Crippen LogP contribution is 2.10. The lowest BCUT2D eigenvalue weighted by Gasteiger charge is -2.23. The number of quaternary nitrogens is 1. The standard InChI is InChI=1S/C18H37NO2/c1-2-3-4-5-6-7-8-9-10-11-15-20-16-12-19-13-17-21-18-14-19/h2-18H2,1H3/p+1. The van der Waals surface area contributed by atoms with Gasteiger partial charge in [-0.3, -0.25) is 0 Å². The molecule has 1 fully saturated rings. The molecule has 3 nitrogen and oxygen atoms in total. The molecule has 1 N–H and O–H groups in total. The molecule has 1 saturated heterocycles. The van der Waals surface area contributed by atoms with Crippen molar-refractivity contribution in [2.24, 2.45) is 0 Å². The first kappa shape index (κ1) is 18.9. The number of hydrogen-bond acceptors (Lipinski definition) is 2. The Morgan fingerprint density at radius 1 is 0.762 bits per heavy atom. The van der Waals surface area contributed by atoms with Crippen LogP contribution in [0.25, 0.3) is 0 Å². The predicted molar refractivity (Wildman–Crippen MR) is 89.0 cm³/mol. The van der Waals surface area contributed by atoms with Gasteiger partial charge in [0.2, 0.25) is 0 Å². The van der Waals surface area contributed by atoms with E-state index in [0.717, 1.165) is 46.1 Å². The van der Waals surface area contributed by atoms with Crippen LogP contribution in [-0.4, -0.2) is 46.1 Å². The molecule has 1 rings (SSSR count). The van der Waals surface area contributed by atoms with E-state index in [0.29, 0.717) is 0 Å². The fourth-order valence-electron chi connectivity index (χ4n) is 2.92. The Hall–Kier alpha value is -0.120. The first-order chi connectivity index (χ1) is 10.4. The highest BCUT2D eigenvalue weighted by Gasteiger charge is 2.12. The van der Waals surface area contributed by atoms with E-state index in [1.54, 1.807) is 4.90 Å². The zero-order chi connectivity index (χ0) is 15.0. The maximum atomic E-state index is 5.75. The van der Waals surface area contributed by atoms with Crippen LogP contribution in [0.1, 0.15) is 71.1 Å². The van der Waals surface area contributed by atoms with E-state index in [2.05, 4.69) is 6.92 Å². The lowest BCUT2D eigenvalue weighted by Crippen LogP contribution is -3.14. The molecule has 21 heavy (non-hydrogen) atoms. The molecule has 1 heterocycles. The van der Waals surface area contributed by atoms with Gasteiger partial charge >= 0.3 is 0 Å². The first-order valence-electron chi connectivity index (χ1n) is 9.42. The van der Waals surface area contributed by atoms with Crippen molar-refractivity contribution in [3.8, 4) is 0 Å². The molecule has 0 aromatic carbocycles. The van der Waals surface area contributed by atoms with Crippen molar-refractivity contribution < 1.29 is 14.4 Å². The van der Waals surface area contributed by atoms with Gasteiger partial charge in [0.05, 0.1) is 19.8 Å². The molecule has 0 spiro atoms. The van der Waals surface area contributed by atoms with Crippen LogP contribution in [0.5, 0.6) is 0 Å². The van der Waals surface area contributed by atoms with Crippen molar-refractivity contribution in [2.75, 3.05) is 46.1 Å². The molecule has 0 bridgehead atoms. The smallest absolute Gasteiger partial charge is 0.101 e. The van der Waals surface area contributed by atoms with Gasteiger partial charge in [-0.05, 0) is 6.42 Å².